The quantitative estimate of drug-likeness (QED) is 0.529. The highest BCUT2D eigenvalue weighted by molar-refractivity contribution is 6.01. The molecule has 0 spiro atoms. The van der Waals surface area contributed by atoms with Gasteiger partial charge in [0.15, 0.2) is 0 Å². The molecule has 124 valence electrons. The van der Waals surface area contributed by atoms with Gasteiger partial charge in [-0.25, -0.2) is 19.3 Å². The second kappa shape index (κ2) is 5.71. The van der Waals surface area contributed by atoms with E-state index < -0.39 is 17.4 Å². The van der Waals surface area contributed by atoms with Crippen LogP contribution < -0.4 is 11.0 Å². The summed E-state index contributed by atoms with van der Waals surface area (Å²) in [6, 6.07) is 13.3. The number of benzene rings is 2. The number of hydrogen-bond donors (Lipinski definition) is 3. The van der Waals surface area contributed by atoms with E-state index in [2.05, 4.69) is 25.5 Å². The van der Waals surface area contributed by atoms with Crippen LogP contribution >= 0.6 is 0 Å². The van der Waals surface area contributed by atoms with Crippen molar-refractivity contribution in [2.75, 3.05) is 5.32 Å². The maximum atomic E-state index is 14.3. The molecule has 2 aromatic carbocycles. The molecule has 1 amide bonds. The molecule has 2 heterocycles. The van der Waals surface area contributed by atoms with Crippen LogP contribution in [0, 0.1) is 5.82 Å². The first-order valence-corrected chi connectivity index (χ1v) is 7.32. The number of nitrogens with zero attached hydrogens (tertiary/aromatic N) is 3. The van der Waals surface area contributed by atoms with Crippen LogP contribution in [0.1, 0.15) is 10.6 Å². The van der Waals surface area contributed by atoms with E-state index in [1.807, 2.05) is 0 Å². The fourth-order valence-electron chi connectivity index (χ4n) is 2.53. The number of carbonyl (C=O) groups excluding carboxylic acids is 1. The summed E-state index contributed by atoms with van der Waals surface area (Å²) in [7, 11) is 0. The highest BCUT2D eigenvalue weighted by Crippen LogP contribution is 2.26. The van der Waals surface area contributed by atoms with Gasteiger partial charge in [-0.2, -0.15) is 0 Å². The summed E-state index contributed by atoms with van der Waals surface area (Å²) in [4.78, 5) is 30.0. The Balaban J connectivity index is 1.86. The molecule has 0 aliphatic heterocycles. The predicted molar refractivity (Wildman–Crippen MR) is 88.2 cm³/mol. The monoisotopic (exact) mass is 338 g/mol. The first-order chi connectivity index (χ1) is 12.1. The van der Waals surface area contributed by atoms with E-state index in [4.69, 9.17) is 0 Å². The van der Waals surface area contributed by atoms with Crippen LogP contribution in [0.4, 0.5) is 10.3 Å². The molecule has 0 bridgehead atoms. The van der Waals surface area contributed by atoms with Gasteiger partial charge < -0.3 is 0 Å². The Kier molecular flexibility index (Phi) is 3.38. The minimum Gasteiger partial charge on any atom is -0.289 e. The third-order valence-corrected chi connectivity index (χ3v) is 3.60. The topological polar surface area (TPSA) is 108 Å². The molecule has 0 fully saturated rings. The molecule has 25 heavy (non-hydrogen) atoms. The Morgan fingerprint density at radius 1 is 1.12 bits per heavy atom. The van der Waals surface area contributed by atoms with Gasteiger partial charge in [0.2, 0.25) is 11.8 Å². The lowest BCUT2D eigenvalue weighted by molar-refractivity contribution is 0.101. The van der Waals surface area contributed by atoms with Crippen molar-refractivity contribution in [3.05, 3.63) is 70.7 Å². The van der Waals surface area contributed by atoms with Crippen LogP contribution in [0.25, 0.3) is 16.7 Å². The molecule has 9 heteroatoms. The molecule has 0 unspecified atom stereocenters. The van der Waals surface area contributed by atoms with Gasteiger partial charge in [-0.3, -0.25) is 19.7 Å². The molecular weight excluding hydrogens is 327 g/mol. The molecule has 0 aliphatic rings. The van der Waals surface area contributed by atoms with Crippen molar-refractivity contribution in [2.45, 2.75) is 0 Å². The Hall–Kier alpha value is -3.75. The third-order valence-electron chi connectivity index (χ3n) is 3.60. The molecule has 0 saturated carbocycles. The van der Waals surface area contributed by atoms with Gasteiger partial charge in [-0.15, -0.1) is 5.10 Å². The molecule has 8 nitrogen and oxygen atoms in total. The highest BCUT2D eigenvalue weighted by atomic mass is 19.1. The Morgan fingerprint density at radius 3 is 2.64 bits per heavy atom. The maximum Gasteiger partial charge on any atom is 0.341 e. The number of imidazole rings is 1. The highest BCUT2D eigenvalue weighted by Gasteiger charge is 2.19. The van der Waals surface area contributed by atoms with Crippen LogP contribution in [0.3, 0.4) is 0 Å². The smallest absolute Gasteiger partial charge is 0.289 e. The normalized spacial score (nSPS) is 10.9. The van der Waals surface area contributed by atoms with Crippen LogP contribution in [-0.2, 0) is 0 Å². The zero-order valence-electron chi connectivity index (χ0n) is 12.7. The number of halogens is 1. The number of anilines is 1. The van der Waals surface area contributed by atoms with Gasteiger partial charge in [0.05, 0.1) is 16.7 Å². The molecular formula is C16H11FN6O2. The molecule has 0 radical (unpaired) electrons. The van der Waals surface area contributed by atoms with Crippen molar-refractivity contribution >= 4 is 22.9 Å². The number of para-hydroxylation sites is 3. The van der Waals surface area contributed by atoms with E-state index in [-0.39, 0.29) is 17.5 Å². The summed E-state index contributed by atoms with van der Waals surface area (Å²) in [5.41, 5.74) is 0.838. The van der Waals surface area contributed by atoms with E-state index in [9.17, 15) is 14.0 Å². The summed E-state index contributed by atoms with van der Waals surface area (Å²) in [6.45, 7) is 0. The predicted octanol–water partition coefficient (Wildman–Crippen LogP) is 1.83. The van der Waals surface area contributed by atoms with Gasteiger partial charge in [-0.1, -0.05) is 24.3 Å². The standard InChI is InChI=1S/C16H11FN6O2/c17-9-5-1-3-7-11(9)23-12-8-4-2-6-10(12)18-15(23)20-14(24)13-19-16(25)22-21-13/h1-8H,(H,18,20,24)(H2,19,21,22,25). The lowest BCUT2D eigenvalue weighted by atomic mass is 10.2. The molecule has 2 aromatic heterocycles. The summed E-state index contributed by atoms with van der Waals surface area (Å²) in [5, 5.41) is 8.23. The maximum absolute atomic E-state index is 14.3. The van der Waals surface area contributed by atoms with Crippen LogP contribution in [0.2, 0.25) is 0 Å². The minimum atomic E-state index is -0.675. The number of rotatable bonds is 3. The van der Waals surface area contributed by atoms with E-state index in [1.165, 1.54) is 10.6 Å². The van der Waals surface area contributed by atoms with Gasteiger partial charge in [0, 0.05) is 0 Å². The minimum absolute atomic E-state index is 0.111. The van der Waals surface area contributed by atoms with Gasteiger partial charge >= 0.3 is 5.69 Å². The number of aromatic nitrogens is 5. The Morgan fingerprint density at radius 2 is 1.88 bits per heavy atom. The van der Waals surface area contributed by atoms with Crippen molar-refractivity contribution in [1.29, 1.82) is 0 Å². The van der Waals surface area contributed by atoms with Gasteiger partial charge in [-0.05, 0) is 24.3 Å². The molecule has 0 saturated heterocycles. The van der Waals surface area contributed by atoms with Crippen LogP contribution in [-0.4, -0.2) is 30.6 Å². The largest absolute Gasteiger partial charge is 0.341 e. The molecule has 0 aliphatic carbocycles. The van der Waals surface area contributed by atoms with Crippen molar-refractivity contribution in [1.82, 2.24) is 24.7 Å². The summed E-state index contributed by atoms with van der Waals surface area (Å²) >= 11 is 0. The fraction of sp³-hybridized carbons (Fsp3) is 0. The third kappa shape index (κ3) is 2.57. The summed E-state index contributed by atoms with van der Waals surface area (Å²) in [5.74, 6) is -1.22. The second-order valence-electron chi connectivity index (χ2n) is 5.19. The average molecular weight is 338 g/mol. The average Bonchev–Trinajstić information content (AvgIpc) is 3.19. The SMILES string of the molecule is O=C(Nc1nc2ccccc2n1-c1ccccc1F)c1n[nH]c(=O)[nH]1. The summed E-state index contributed by atoms with van der Waals surface area (Å²) < 4.78 is 15.8. The number of hydrogen-bond acceptors (Lipinski definition) is 4. The number of fused-ring (bicyclic) bond motifs is 1. The second-order valence-corrected chi connectivity index (χ2v) is 5.19. The molecule has 4 rings (SSSR count). The zero-order chi connectivity index (χ0) is 17.4. The van der Waals surface area contributed by atoms with Crippen molar-refractivity contribution in [2.24, 2.45) is 0 Å². The molecule has 3 N–H and O–H groups in total. The molecule has 4 aromatic rings. The van der Waals surface area contributed by atoms with Crippen LogP contribution in [0.5, 0.6) is 0 Å². The van der Waals surface area contributed by atoms with Crippen LogP contribution in [0.15, 0.2) is 53.3 Å². The molecule has 0 atom stereocenters. The van der Waals surface area contributed by atoms with E-state index >= 15 is 0 Å². The zero-order valence-corrected chi connectivity index (χ0v) is 12.7. The van der Waals surface area contributed by atoms with Crippen molar-refractivity contribution in [3.63, 3.8) is 0 Å². The number of nitrogens with one attached hydrogen (secondary N) is 3. The van der Waals surface area contributed by atoms with Gasteiger partial charge in [0.1, 0.15) is 5.82 Å². The number of aromatic amines is 2. The lowest BCUT2D eigenvalue weighted by Gasteiger charge is -2.10. The van der Waals surface area contributed by atoms with E-state index in [0.717, 1.165) is 0 Å². The van der Waals surface area contributed by atoms with Gasteiger partial charge in [0.25, 0.3) is 5.91 Å². The fourth-order valence-corrected chi connectivity index (χ4v) is 2.53. The number of H-pyrrole nitrogens is 2. The first-order valence-electron chi connectivity index (χ1n) is 7.32. The number of carbonyl (C=O) groups is 1. The lowest BCUT2D eigenvalue weighted by Crippen LogP contribution is -2.18. The number of amides is 1. The first kappa shape index (κ1) is 14.8. The van der Waals surface area contributed by atoms with E-state index in [1.54, 1.807) is 42.5 Å². The van der Waals surface area contributed by atoms with Crippen molar-refractivity contribution < 1.29 is 9.18 Å². The Bertz CT molecular complexity index is 1140. The summed E-state index contributed by atoms with van der Waals surface area (Å²) in [6.07, 6.45) is 0. The van der Waals surface area contributed by atoms with Crippen molar-refractivity contribution in [3.8, 4) is 5.69 Å². The Labute approximate surface area is 139 Å². The van der Waals surface area contributed by atoms with E-state index in [0.29, 0.717) is 11.0 Å².